The summed E-state index contributed by atoms with van der Waals surface area (Å²) < 4.78 is 39.6. The number of hydrogen-bond donors (Lipinski definition) is 1. The molecule has 0 unspecified atom stereocenters. The van der Waals surface area contributed by atoms with Gasteiger partial charge in [0.2, 0.25) is 15.9 Å². The molecule has 9 nitrogen and oxygen atoms in total. The zero-order chi connectivity index (χ0) is 22.7. The standard InChI is InChI=1S/C22H25N3O6S/c1-30-19-10-9-16(15-20(19)32(28,29)24-12-5-2-6-13-24)23-21(26)11-14-25-17-7-3-4-8-18(17)31-22(25)27/h3-4,7-10,15H,2,5-6,11-14H2,1H3,(H,23,26). The normalized spacial score (nSPS) is 15.0. The Balaban J connectivity index is 1.50. The van der Waals surface area contributed by atoms with Crippen molar-refractivity contribution in [1.29, 1.82) is 0 Å². The minimum absolute atomic E-state index is 0.0175. The van der Waals surface area contributed by atoms with Crippen LogP contribution in [0.5, 0.6) is 5.75 Å². The smallest absolute Gasteiger partial charge is 0.419 e. The molecule has 1 saturated heterocycles. The number of benzene rings is 2. The van der Waals surface area contributed by atoms with E-state index in [1.807, 2.05) is 0 Å². The van der Waals surface area contributed by atoms with Crippen molar-refractivity contribution < 1.29 is 22.4 Å². The van der Waals surface area contributed by atoms with Crippen LogP contribution in [0.1, 0.15) is 25.7 Å². The molecule has 1 aliphatic rings. The fourth-order valence-corrected chi connectivity index (χ4v) is 5.56. The molecule has 1 N–H and O–H groups in total. The lowest BCUT2D eigenvalue weighted by Crippen LogP contribution is -2.35. The second kappa shape index (κ2) is 9.17. The van der Waals surface area contributed by atoms with Gasteiger partial charge in [0.25, 0.3) is 0 Å². The zero-order valence-corrected chi connectivity index (χ0v) is 18.6. The summed E-state index contributed by atoms with van der Waals surface area (Å²) >= 11 is 0. The largest absolute Gasteiger partial charge is 0.495 e. The number of anilines is 1. The number of amides is 1. The predicted molar refractivity (Wildman–Crippen MR) is 119 cm³/mol. The molecule has 32 heavy (non-hydrogen) atoms. The third-order valence-electron chi connectivity index (χ3n) is 5.52. The zero-order valence-electron chi connectivity index (χ0n) is 17.7. The highest BCUT2D eigenvalue weighted by Gasteiger charge is 2.29. The SMILES string of the molecule is COc1ccc(NC(=O)CCn2c(=O)oc3ccccc32)cc1S(=O)(=O)N1CCCCC1. The van der Waals surface area contributed by atoms with E-state index in [1.165, 1.54) is 28.1 Å². The molecule has 2 heterocycles. The third-order valence-corrected chi connectivity index (χ3v) is 7.44. The van der Waals surface area contributed by atoms with Gasteiger partial charge in [0, 0.05) is 31.7 Å². The molecule has 0 spiro atoms. The van der Waals surface area contributed by atoms with Crippen molar-refractivity contribution in [3.05, 3.63) is 53.0 Å². The number of methoxy groups -OCH3 is 1. The number of oxazole rings is 1. The number of rotatable bonds is 7. The van der Waals surface area contributed by atoms with E-state index in [9.17, 15) is 18.0 Å². The average Bonchev–Trinajstić information content (AvgIpc) is 3.13. The summed E-state index contributed by atoms with van der Waals surface area (Å²) in [5.74, 6) is -0.656. The van der Waals surface area contributed by atoms with E-state index < -0.39 is 15.8 Å². The van der Waals surface area contributed by atoms with Crippen LogP contribution in [-0.2, 0) is 21.4 Å². The van der Waals surface area contributed by atoms with Crippen molar-refractivity contribution in [3.63, 3.8) is 0 Å². The Morgan fingerprint density at radius 1 is 1.12 bits per heavy atom. The molecule has 170 valence electrons. The van der Waals surface area contributed by atoms with E-state index in [1.54, 1.807) is 30.3 Å². The van der Waals surface area contributed by atoms with Crippen molar-refractivity contribution in [2.75, 3.05) is 25.5 Å². The molecule has 3 aromatic rings. The monoisotopic (exact) mass is 459 g/mol. The van der Waals surface area contributed by atoms with E-state index in [4.69, 9.17) is 9.15 Å². The van der Waals surface area contributed by atoms with Crippen LogP contribution < -0.4 is 15.8 Å². The lowest BCUT2D eigenvalue weighted by Gasteiger charge is -2.26. The van der Waals surface area contributed by atoms with Crippen molar-refractivity contribution in [3.8, 4) is 5.75 Å². The number of sulfonamides is 1. The first-order chi connectivity index (χ1) is 15.4. The number of aromatic nitrogens is 1. The lowest BCUT2D eigenvalue weighted by atomic mass is 10.2. The third kappa shape index (κ3) is 4.42. The van der Waals surface area contributed by atoms with Crippen LogP contribution in [0, 0.1) is 0 Å². The molecule has 1 amide bonds. The molecule has 0 atom stereocenters. The minimum Gasteiger partial charge on any atom is -0.495 e. The first kappa shape index (κ1) is 22.1. The van der Waals surface area contributed by atoms with E-state index in [-0.39, 0.29) is 29.5 Å². The highest BCUT2D eigenvalue weighted by atomic mass is 32.2. The number of carbonyl (C=O) groups is 1. The number of para-hydroxylation sites is 2. The maximum atomic E-state index is 13.1. The number of aryl methyl sites for hydroxylation is 1. The van der Waals surface area contributed by atoms with E-state index in [0.717, 1.165) is 19.3 Å². The Bertz CT molecular complexity index is 1290. The van der Waals surface area contributed by atoms with Gasteiger partial charge in [-0.15, -0.1) is 0 Å². The highest BCUT2D eigenvalue weighted by Crippen LogP contribution is 2.31. The summed E-state index contributed by atoms with van der Waals surface area (Å²) in [5, 5.41) is 2.72. The topological polar surface area (TPSA) is 111 Å². The van der Waals surface area contributed by atoms with Gasteiger partial charge in [0.15, 0.2) is 5.58 Å². The number of nitrogens with one attached hydrogen (secondary N) is 1. The van der Waals surface area contributed by atoms with Gasteiger partial charge in [-0.1, -0.05) is 18.6 Å². The second-order valence-corrected chi connectivity index (χ2v) is 9.52. The number of carbonyl (C=O) groups excluding carboxylic acids is 1. The van der Waals surface area contributed by atoms with Crippen LogP contribution in [0.25, 0.3) is 11.1 Å². The summed E-state index contributed by atoms with van der Waals surface area (Å²) in [6.45, 7) is 1.07. The molecule has 0 saturated carbocycles. The highest BCUT2D eigenvalue weighted by molar-refractivity contribution is 7.89. The van der Waals surface area contributed by atoms with Crippen LogP contribution in [0.3, 0.4) is 0 Å². The maximum absolute atomic E-state index is 13.1. The molecule has 0 radical (unpaired) electrons. The summed E-state index contributed by atoms with van der Waals surface area (Å²) in [6, 6.07) is 11.5. The molecule has 1 aliphatic heterocycles. The van der Waals surface area contributed by atoms with Crippen LogP contribution in [0.4, 0.5) is 5.69 Å². The Morgan fingerprint density at radius 2 is 1.88 bits per heavy atom. The van der Waals surface area contributed by atoms with Gasteiger partial charge in [-0.05, 0) is 43.2 Å². The summed E-state index contributed by atoms with van der Waals surface area (Å²) in [6.07, 6.45) is 2.66. The van der Waals surface area contributed by atoms with E-state index in [2.05, 4.69) is 5.32 Å². The van der Waals surface area contributed by atoms with Gasteiger partial charge in [0.1, 0.15) is 10.6 Å². The number of ether oxygens (including phenoxy) is 1. The summed E-state index contributed by atoms with van der Waals surface area (Å²) in [7, 11) is -2.33. The van der Waals surface area contributed by atoms with Gasteiger partial charge >= 0.3 is 5.76 Å². The Kier molecular flexibility index (Phi) is 6.33. The van der Waals surface area contributed by atoms with Crippen molar-refractivity contribution >= 4 is 32.7 Å². The van der Waals surface area contributed by atoms with Crippen LogP contribution in [0.2, 0.25) is 0 Å². The van der Waals surface area contributed by atoms with Crippen molar-refractivity contribution in [2.45, 2.75) is 37.1 Å². The molecular formula is C22H25N3O6S. The van der Waals surface area contributed by atoms with Crippen LogP contribution in [-0.4, -0.2) is 43.4 Å². The molecule has 4 rings (SSSR count). The number of hydrogen-bond acceptors (Lipinski definition) is 6. The fourth-order valence-electron chi connectivity index (χ4n) is 3.86. The van der Waals surface area contributed by atoms with Gasteiger partial charge in [-0.25, -0.2) is 13.2 Å². The molecule has 2 aromatic carbocycles. The molecule has 1 fully saturated rings. The van der Waals surface area contributed by atoms with Gasteiger partial charge in [-0.2, -0.15) is 4.31 Å². The summed E-state index contributed by atoms with van der Waals surface area (Å²) in [5.41, 5.74) is 1.42. The summed E-state index contributed by atoms with van der Waals surface area (Å²) in [4.78, 5) is 24.6. The number of fused-ring (bicyclic) bond motifs is 1. The average molecular weight is 460 g/mol. The van der Waals surface area contributed by atoms with Crippen LogP contribution in [0.15, 0.2) is 56.6 Å². The van der Waals surface area contributed by atoms with Crippen LogP contribution >= 0.6 is 0 Å². The van der Waals surface area contributed by atoms with E-state index >= 15 is 0 Å². The molecular weight excluding hydrogens is 434 g/mol. The quantitative estimate of drug-likeness (QED) is 0.582. The van der Waals surface area contributed by atoms with Gasteiger partial charge in [-0.3, -0.25) is 9.36 Å². The number of piperidine rings is 1. The Labute approximate surface area is 185 Å². The first-order valence-corrected chi connectivity index (χ1v) is 11.9. The Hall–Kier alpha value is -3.11. The first-order valence-electron chi connectivity index (χ1n) is 10.5. The Morgan fingerprint density at radius 3 is 2.62 bits per heavy atom. The van der Waals surface area contributed by atoms with Crippen molar-refractivity contribution in [1.82, 2.24) is 8.87 Å². The molecule has 0 bridgehead atoms. The van der Waals surface area contributed by atoms with Crippen molar-refractivity contribution in [2.24, 2.45) is 0 Å². The molecule has 10 heteroatoms. The van der Waals surface area contributed by atoms with Gasteiger partial charge < -0.3 is 14.5 Å². The minimum atomic E-state index is -3.74. The molecule has 0 aliphatic carbocycles. The maximum Gasteiger partial charge on any atom is 0.419 e. The van der Waals surface area contributed by atoms with Gasteiger partial charge in [0.05, 0.1) is 12.6 Å². The fraction of sp³-hybridized carbons (Fsp3) is 0.364. The van der Waals surface area contributed by atoms with E-state index in [0.29, 0.717) is 29.9 Å². The molecule has 1 aromatic heterocycles. The second-order valence-electron chi connectivity index (χ2n) is 7.62. The predicted octanol–water partition coefficient (Wildman–Crippen LogP) is 2.81. The lowest BCUT2D eigenvalue weighted by molar-refractivity contribution is -0.116. The number of nitrogens with zero attached hydrogens (tertiary/aromatic N) is 2.